The third-order valence-electron chi connectivity index (χ3n) is 3.16. The van der Waals surface area contributed by atoms with E-state index in [0.29, 0.717) is 6.42 Å². The lowest BCUT2D eigenvalue weighted by molar-refractivity contribution is -0.873. The first-order valence-corrected chi connectivity index (χ1v) is 7.79. The summed E-state index contributed by atoms with van der Waals surface area (Å²) < 4.78 is 71.2. The van der Waals surface area contributed by atoms with Crippen molar-refractivity contribution in [3.63, 3.8) is 0 Å². The minimum atomic E-state index is -3.54. The Labute approximate surface area is 160 Å². The number of carboxylic acids is 1. The normalized spacial score (nSPS) is 19.8. The Morgan fingerprint density at radius 1 is 1.09 bits per heavy atom. The van der Waals surface area contributed by atoms with Crippen LogP contribution in [0.4, 0.5) is 0 Å². The maximum atomic E-state index is 12.2. The van der Waals surface area contributed by atoms with Crippen molar-refractivity contribution in [2.75, 3.05) is 27.5 Å². The van der Waals surface area contributed by atoms with Gasteiger partial charge < -0.3 is 26.7 Å². The van der Waals surface area contributed by atoms with E-state index in [-0.39, 0.29) is 18.8 Å². The number of nitrogens with zero attached hydrogens (tertiary/aromatic N) is 1. The number of carbonyl (C=O) groups excluding carboxylic acids is 1. The Kier molecular flexibility index (Phi) is 6.92. The van der Waals surface area contributed by atoms with Crippen LogP contribution in [0.15, 0.2) is 0 Å². The number of hydrogen-bond acceptors (Lipinski definition) is 3. The monoisotopic (exact) mass is 360 g/mol. The number of rotatable bonds is 13. The first-order chi connectivity index (χ1) is 14.0. The van der Waals surface area contributed by atoms with Gasteiger partial charge in [-0.15, -0.1) is 0 Å². The molecule has 0 aromatic heterocycles. The fourth-order valence-electron chi connectivity index (χ4n) is 2.11. The summed E-state index contributed by atoms with van der Waals surface area (Å²) in [5, 5.41) is 9.10. The fourth-order valence-corrected chi connectivity index (χ4v) is 2.11. The summed E-state index contributed by atoms with van der Waals surface area (Å²) in [4.78, 5) is 23.4. The second-order valence-electron chi connectivity index (χ2n) is 5.57. The second kappa shape index (κ2) is 13.6. The lowest BCUT2D eigenvalue weighted by atomic mass is 10.1. The largest absolute Gasteiger partial charge is 1.00 e. The lowest BCUT2D eigenvalue weighted by Gasteiger charge is -2.28. The molecule has 0 saturated heterocycles. The SMILES string of the molecule is [2H]C([2H])([2H])[N+](C[C@H](CC(=O)O)OC(=O)CCCCCCCCC)(C([2H])([2H])[2H])C([2H])([2H])[2H].[Cl-]. The Hall–Kier alpha value is -0.810. The average Bonchev–Trinajstić information content (AvgIpc) is 2.54. The van der Waals surface area contributed by atoms with Crippen molar-refractivity contribution < 1.29 is 48.7 Å². The standard InChI is InChI=1S/C17H33NO4.ClH/c1-5-6-7-8-9-10-11-12-17(21)22-15(13-16(19)20)14-18(2,3)4;/h15H,5-14H2,1-4H3;1H/t15-;/m0./s1/i2D3,3D3,4D3;. The van der Waals surface area contributed by atoms with Gasteiger partial charge in [-0.1, -0.05) is 45.4 Å². The van der Waals surface area contributed by atoms with E-state index in [0.717, 1.165) is 38.5 Å². The molecule has 0 aliphatic carbocycles. The van der Waals surface area contributed by atoms with E-state index in [1.165, 1.54) is 0 Å². The molecule has 23 heavy (non-hydrogen) atoms. The first kappa shape index (κ1) is 11.7. The number of ether oxygens (including phenoxy) is 1. The molecule has 138 valence electrons. The minimum Gasteiger partial charge on any atom is -1.00 e. The molecule has 0 heterocycles. The highest BCUT2D eigenvalue weighted by Gasteiger charge is 2.24. The molecule has 0 aromatic rings. The molecule has 0 bridgehead atoms. The third kappa shape index (κ3) is 17.4. The maximum absolute atomic E-state index is 12.2. The van der Waals surface area contributed by atoms with Gasteiger partial charge in [-0.2, -0.15) is 0 Å². The summed E-state index contributed by atoms with van der Waals surface area (Å²) in [5.74, 6) is -2.30. The molecule has 0 fully saturated rings. The second-order valence-corrected chi connectivity index (χ2v) is 5.57. The zero-order chi connectivity index (χ0) is 24.5. The van der Waals surface area contributed by atoms with Gasteiger partial charge in [-0.25, -0.2) is 0 Å². The van der Waals surface area contributed by atoms with Gasteiger partial charge in [-0.05, 0) is 6.42 Å². The molecule has 0 aliphatic rings. The molecule has 0 radical (unpaired) electrons. The van der Waals surface area contributed by atoms with Gasteiger partial charge in [0, 0.05) is 6.42 Å². The maximum Gasteiger partial charge on any atom is 0.307 e. The molecule has 0 spiro atoms. The molecule has 1 atom stereocenters. The Morgan fingerprint density at radius 3 is 2.17 bits per heavy atom. The minimum absolute atomic E-state index is 0. The van der Waals surface area contributed by atoms with E-state index >= 15 is 0 Å². The van der Waals surface area contributed by atoms with Crippen LogP contribution in [0.1, 0.15) is 77.0 Å². The van der Waals surface area contributed by atoms with Gasteiger partial charge in [0.25, 0.3) is 0 Å². The quantitative estimate of drug-likeness (QED) is 0.290. The van der Waals surface area contributed by atoms with E-state index in [9.17, 15) is 9.59 Å². The van der Waals surface area contributed by atoms with Crippen LogP contribution in [0.3, 0.4) is 0 Å². The molecular weight excluding hydrogens is 318 g/mol. The average molecular weight is 361 g/mol. The fraction of sp³-hybridized carbons (Fsp3) is 0.882. The summed E-state index contributed by atoms with van der Waals surface area (Å²) in [6, 6.07) is 0. The van der Waals surface area contributed by atoms with E-state index in [1.54, 1.807) is 0 Å². The van der Waals surface area contributed by atoms with Crippen LogP contribution in [-0.2, 0) is 14.3 Å². The molecule has 0 amide bonds. The zero-order valence-electron chi connectivity index (χ0n) is 22.6. The van der Waals surface area contributed by atoms with Crippen LogP contribution in [0.25, 0.3) is 0 Å². The number of carbonyl (C=O) groups is 2. The summed E-state index contributed by atoms with van der Waals surface area (Å²) in [7, 11) is 0. The van der Waals surface area contributed by atoms with Gasteiger partial charge >= 0.3 is 11.9 Å². The van der Waals surface area contributed by atoms with Gasteiger partial charge in [0.1, 0.15) is 6.54 Å². The number of unbranched alkanes of at least 4 members (excludes halogenated alkanes) is 6. The van der Waals surface area contributed by atoms with Gasteiger partial charge in [0.2, 0.25) is 0 Å². The highest BCUT2D eigenvalue weighted by Crippen LogP contribution is 2.11. The number of halogens is 1. The lowest BCUT2D eigenvalue weighted by Crippen LogP contribution is -3.00. The molecule has 1 N–H and O–H groups in total. The van der Waals surface area contributed by atoms with Crippen LogP contribution >= 0.6 is 0 Å². The van der Waals surface area contributed by atoms with Crippen molar-refractivity contribution in [1.82, 2.24) is 0 Å². The van der Waals surface area contributed by atoms with E-state index < -0.39 is 56.4 Å². The van der Waals surface area contributed by atoms with Gasteiger partial charge in [0.05, 0.1) is 39.7 Å². The smallest absolute Gasteiger partial charge is 0.307 e. The van der Waals surface area contributed by atoms with Crippen molar-refractivity contribution >= 4 is 11.9 Å². The molecule has 0 unspecified atom stereocenters. The highest BCUT2D eigenvalue weighted by atomic mass is 35.5. The molecular formula is C17H34ClNO4. The first-order valence-electron chi connectivity index (χ1n) is 12.3. The molecule has 0 saturated carbocycles. The molecule has 0 rings (SSSR count). The summed E-state index contributed by atoms with van der Waals surface area (Å²) in [6.45, 7) is -9.74. The van der Waals surface area contributed by atoms with Crippen molar-refractivity contribution in [1.29, 1.82) is 0 Å². The van der Waals surface area contributed by atoms with Crippen LogP contribution in [-0.4, -0.2) is 55.1 Å². The Balaban J connectivity index is 0. The number of quaternary nitrogens is 1. The van der Waals surface area contributed by atoms with E-state index in [1.807, 2.05) is 0 Å². The molecule has 6 heteroatoms. The third-order valence-corrected chi connectivity index (χ3v) is 3.16. The van der Waals surface area contributed by atoms with Crippen LogP contribution in [0, 0.1) is 0 Å². The number of hydrogen-bond donors (Lipinski definition) is 1. The zero-order valence-corrected chi connectivity index (χ0v) is 14.4. The topological polar surface area (TPSA) is 63.6 Å². The van der Waals surface area contributed by atoms with Crippen LogP contribution < -0.4 is 12.4 Å². The van der Waals surface area contributed by atoms with Gasteiger partial charge in [0.15, 0.2) is 6.10 Å². The molecule has 0 aliphatic heterocycles. The van der Waals surface area contributed by atoms with Crippen molar-refractivity contribution in [2.24, 2.45) is 0 Å². The van der Waals surface area contributed by atoms with Crippen LogP contribution in [0.5, 0.6) is 0 Å². The predicted octanol–water partition coefficient (Wildman–Crippen LogP) is 0.224. The molecule has 0 aromatic carbocycles. The number of esters is 1. The van der Waals surface area contributed by atoms with Crippen LogP contribution in [0.2, 0.25) is 0 Å². The number of aliphatic carboxylic acids is 1. The Morgan fingerprint density at radius 2 is 1.65 bits per heavy atom. The molecule has 5 nitrogen and oxygen atoms in total. The summed E-state index contributed by atoms with van der Waals surface area (Å²) in [6.07, 6.45) is 3.82. The van der Waals surface area contributed by atoms with Crippen molar-refractivity contribution in [2.45, 2.75) is 70.8 Å². The number of likely N-dealkylation sites (N-methyl/N-ethyl adjacent to an activating group) is 1. The van der Waals surface area contributed by atoms with Gasteiger partial charge in [-0.3, -0.25) is 9.59 Å². The summed E-state index contributed by atoms with van der Waals surface area (Å²) >= 11 is 0. The Bertz CT molecular complexity index is 544. The van der Waals surface area contributed by atoms with E-state index in [2.05, 4.69) is 6.92 Å². The van der Waals surface area contributed by atoms with Crippen molar-refractivity contribution in [3.05, 3.63) is 0 Å². The van der Waals surface area contributed by atoms with Crippen molar-refractivity contribution in [3.8, 4) is 0 Å². The van der Waals surface area contributed by atoms with E-state index in [4.69, 9.17) is 22.2 Å². The summed E-state index contributed by atoms with van der Waals surface area (Å²) in [5.41, 5.74) is 0. The highest BCUT2D eigenvalue weighted by molar-refractivity contribution is 5.71. The number of carboxylic acid groups (broad SMARTS) is 1. The predicted molar refractivity (Wildman–Crippen MR) is 87.6 cm³/mol.